The predicted molar refractivity (Wildman–Crippen MR) is 162 cm³/mol. The summed E-state index contributed by atoms with van der Waals surface area (Å²) in [5.41, 5.74) is 4.29. The molecule has 5 aliphatic rings. The lowest BCUT2D eigenvalue weighted by molar-refractivity contribution is -0.143. The normalized spacial score (nSPS) is 38.3. The van der Waals surface area contributed by atoms with E-state index in [1.165, 1.54) is 24.8 Å². The molecular formula is C35H54N2O2. The highest BCUT2D eigenvalue weighted by molar-refractivity contribution is 5.32. The molecule has 0 bridgehead atoms. The Morgan fingerprint density at radius 3 is 2.74 bits per heavy atom. The zero-order chi connectivity index (χ0) is 27.5. The van der Waals surface area contributed by atoms with Crippen molar-refractivity contribution in [3.05, 3.63) is 59.3 Å². The molecule has 0 aromatic heterocycles. The van der Waals surface area contributed by atoms with E-state index in [1.807, 2.05) is 0 Å². The fourth-order valence-electron chi connectivity index (χ4n) is 8.33. The Hall–Kier alpha value is -1.46. The van der Waals surface area contributed by atoms with E-state index in [4.69, 9.17) is 4.84 Å². The summed E-state index contributed by atoms with van der Waals surface area (Å²) in [6.07, 6.45) is 24.1. The monoisotopic (exact) mass is 534 g/mol. The lowest BCUT2D eigenvalue weighted by Crippen LogP contribution is -2.41. The van der Waals surface area contributed by atoms with Crippen LogP contribution in [-0.4, -0.2) is 42.1 Å². The largest absolute Gasteiger partial charge is 0.374 e. The fourth-order valence-corrected chi connectivity index (χ4v) is 8.33. The first kappa shape index (κ1) is 29.0. The van der Waals surface area contributed by atoms with Gasteiger partial charge >= 0.3 is 0 Å². The van der Waals surface area contributed by atoms with Gasteiger partial charge in [0.25, 0.3) is 0 Å². The summed E-state index contributed by atoms with van der Waals surface area (Å²) in [5, 5.41) is 17.2. The summed E-state index contributed by atoms with van der Waals surface area (Å²) in [4.78, 5) is 5.94. The number of nitrogens with zero attached hydrogens (tertiary/aromatic N) is 1. The molecule has 10 unspecified atom stereocenters. The van der Waals surface area contributed by atoms with E-state index in [0.717, 1.165) is 62.8 Å². The standard InChI is InChI=1S/C35H54N2O2/c1-6-18-39-37-21-27-13-11-14-29(19-28(27)22-37)36-35(38)26-17-16-24(4)32(20-26)34-25(5)33(34)30(7-2)31-15-10-8-9-12-23(31)3/h9,12-13,15-17,20,23-25,28-30,32-36,38H,6-8,10-11,14,18-19,21-22H2,1-5H3. The number of hydrogen-bond acceptors (Lipinski definition) is 4. The maximum Gasteiger partial charge on any atom is 0.130 e. The van der Waals surface area contributed by atoms with Crippen molar-refractivity contribution in [2.24, 2.45) is 47.3 Å². The Morgan fingerprint density at radius 2 is 1.95 bits per heavy atom. The molecule has 4 nitrogen and oxygen atoms in total. The molecule has 0 spiro atoms. The van der Waals surface area contributed by atoms with E-state index >= 15 is 0 Å². The Kier molecular flexibility index (Phi) is 9.70. The Morgan fingerprint density at radius 1 is 1.10 bits per heavy atom. The third-order valence-electron chi connectivity index (χ3n) is 10.5. The van der Waals surface area contributed by atoms with Crippen molar-refractivity contribution in [2.45, 2.75) is 91.8 Å². The first-order valence-corrected chi connectivity index (χ1v) is 16.2. The van der Waals surface area contributed by atoms with Crippen molar-refractivity contribution >= 4 is 0 Å². The molecule has 1 heterocycles. The van der Waals surface area contributed by atoms with E-state index in [0.29, 0.717) is 41.5 Å². The SMILES string of the molecule is CCCON1CC2=CCCC(NC(O)C3=CC(C4C(C)C4C(CC)C4=CCCC=CC4C)C(C)C=C3)CC2C1. The molecule has 0 aromatic carbocycles. The quantitative estimate of drug-likeness (QED) is 0.229. The van der Waals surface area contributed by atoms with Gasteiger partial charge in [-0.15, -0.1) is 0 Å². The van der Waals surface area contributed by atoms with Crippen LogP contribution in [0.5, 0.6) is 0 Å². The Balaban J connectivity index is 1.22. The van der Waals surface area contributed by atoms with Gasteiger partial charge in [-0.2, -0.15) is 5.06 Å². The summed E-state index contributed by atoms with van der Waals surface area (Å²) in [6, 6.07) is 0.325. The van der Waals surface area contributed by atoms with Gasteiger partial charge in [-0.3, -0.25) is 10.2 Å². The molecule has 216 valence electrons. The van der Waals surface area contributed by atoms with Gasteiger partial charge in [-0.25, -0.2) is 0 Å². The third kappa shape index (κ3) is 6.56. The average molecular weight is 535 g/mol. The summed E-state index contributed by atoms with van der Waals surface area (Å²) in [7, 11) is 0. The maximum absolute atomic E-state index is 11.4. The van der Waals surface area contributed by atoms with Gasteiger partial charge in [-0.1, -0.05) is 88.3 Å². The Labute approximate surface area is 238 Å². The highest BCUT2D eigenvalue weighted by atomic mass is 16.7. The van der Waals surface area contributed by atoms with E-state index in [9.17, 15) is 5.11 Å². The molecule has 1 saturated carbocycles. The number of hydrogen-bond donors (Lipinski definition) is 2. The van der Waals surface area contributed by atoms with Gasteiger partial charge in [0.05, 0.1) is 6.61 Å². The summed E-state index contributed by atoms with van der Waals surface area (Å²) in [5.74, 6) is 5.00. The second kappa shape index (κ2) is 13.0. The van der Waals surface area contributed by atoms with Crippen molar-refractivity contribution in [2.75, 3.05) is 19.7 Å². The van der Waals surface area contributed by atoms with E-state index in [2.05, 4.69) is 87.5 Å². The molecular weight excluding hydrogens is 480 g/mol. The summed E-state index contributed by atoms with van der Waals surface area (Å²) >= 11 is 0. The molecule has 4 aliphatic carbocycles. The van der Waals surface area contributed by atoms with Gasteiger partial charge in [0, 0.05) is 19.1 Å². The molecule has 0 radical (unpaired) electrons. The number of fused-ring (bicyclic) bond motifs is 1. The number of hydroxylamine groups is 2. The van der Waals surface area contributed by atoms with Gasteiger partial charge in [-0.05, 0) is 97.9 Å². The third-order valence-corrected chi connectivity index (χ3v) is 10.5. The van der Waals surface area contributed by atoms with Gasteiger partial charge in [0.2, 0.25) is 0 Å². The lowest BCUT2D eigenvalue weighted by atomic mass is 9.78. The van der Waals surface area contributed by atoms with Crippen LogP contribution in [-0.2, 0) is 4.84 Å². The number of allylic oxidation sites excluding steroid dienone is 7. The molecule has 0 amide bonds. The minimum absolute atomic E-state index is 0.325. The number of rotatable bonds is 10. The highest BCUT2D eigenvalue weighted by Gasteiger charge is 2.55. The van der Waals surface area contributed by atoms with Crippen LogP contribution in [0.15, 0.2) is 59.3 Å². The van der Waals surface area contributed by atoms with Crippen molar-refractivity contribution in [3.63, 3.8) is 0 Å². The maximum atomic E-state index is 11.4. The Bertz CT molecular complexity index is 993. The zero-order valence-corrected chi connectivity index (χ0v) is 25.2. The smallest absolute Gasteiger partial charge is 0.130 e. The molecule has 4 heteroatoms. The average Bonchev–Trinajstić information content (AvgIpc) is 3.55. The first-order chi connectivity index (χ1) is 18.9. The second-order valence-electron chi connectivity index (χ2n) is 13.2. The first-order valence-electron chi connectivity index (χ1n) is 16.2. The van der Waals surface area contributed by atoms with Crippen molar-refractivity contribution in [1.82, 2.24) is 10.4 Å². The predicted octanol–water partition coefficient (Wildman–Crippen LogP) is 7.22. The molecule has 2 fully saturated rings. The molecule has 0 aromatic rings. The topological polar surface area (TPSA) is 44.7 Å². The number of aliphatic hydroxyl groups excluding tert-OH is 1. The highest BCUT2D eigenvalue weighted by Crippen LogP contribution is 2.60. The van der Waals surface area contributed by atoms with Crippen molar-refractivity contribution < 1.29 is 9.94 Å². The van der Waals surface area contributed by atoms with E-state index in [-0.39, 0.29) is 0 Å². The lowest BCUT2D eigenvalue weighted by Gasteiger charge is -2.30. The van der Waals surface area contributed by atoms with E-state index < -0.39 is 6.23 Å². The van der Waals surface area contributed by atoms with Crippen LogP contribution in [0, 0.1) is 47.3 Å². The molecule has 39 heavy (non-hydrogen) atoms. The minimum atomic E-state index is -0.596. The van der Waals surface area contributed by atoms with Crippen LogP contribution >= 0.6 is 0 Å². The van der Waals surface area contributed by atoms with Crippen LogP contribution in [0.1, 0.15) is 79.6 Å². The molecule has 1 aliphatic heterocycles. The zero-order valence-electron chi connectivity index (χ0n) is 25.2. The number of aliphatic hydroxyl groups is 1. The van der Waals surface area contributed by atoms with Gasteiger partial charge in [0.1, 0.15) is 6.23 Å². The minimum Gasteiger partial charge on any atom is -0.374 e. The fraction of sp³-hybridized carbons (Fsp3) is 0.714. The molecule has 10 atom stereocenters. The van der Waals surface area contributed by atoms with Crippen molar-refractivity contribution in [1.29, 1.82) is 0 Å². The van der Waals surface area contributed by atoms with Crippen LogP contribution in [0.25, 0.3) is 0 Å². The van der Waals surface area contributed by atoms with E-state index in [1.54, 1.807) is 5.57 Å². The van der Waals surface area contributed by atoms with Crippen LogP contribution in [0.3, 0.4) is 0 Å². The van der Waals surface area contributed by atoms with Crippen LogP contribution in [0.4, 0.5) is 0 Å². The van der Waals surface area contributed by atoms with Crippen molar-refractivity contribution in [3.8, 4) is 0 Å². The van der Waals surface area contributed by atoms with Gasteiger partial charge < -0.3 is 5.11 Å². The van der Waals surface area contributed by atoms with Crippen LogP contribution in [0.2, 0.25) is 0 Å². The van der Waals surface area contributed by atoms with Gasteiger partial charge in [0.15, 0.2) is 0 Å². The molecule has 2 N–H and O–H groups in total. The number of nitrogens with one attached hydrogen (secondary N) is 1. The summed E-state index contributed by atoms with van der Waals surface area (Å²) < 4.78 is 0. The van der Waals surface area contributed by atoms with Crippen LogP contribution < -0.4 is 5.32 Å². The molecule has 5 rings (SSSR count). The summed E-state index contributed by atoms with van der Waals surface area (Å²) in [6.45, 7) is 14.5. The molecule has 1 saturated heterocycles. The second-order valence-corrected chi connectivity index (χ2v) is 13.2.